The Morgan fingerprint density at radius 1 is 1.06 bits per heavy atom. The van der Waals surface area contributed by atoms with E-state index in [-0.39, 0.29) is 5.91 Å². The normalized spacial score (nSPS) is 11.3. The van der Waals surface area contributed by atoms with Gasteiger partial charge in [0.15, 0.2) is 0 Å². The Kier molecular flexibility index (Phi) is 7.75. The number of amides is 1. The van der Waals surface area contributed by atoms with Crippen molar-refractivity contribution in [1.82, 2.24) is 9.55 Å². The highest BCUT2D eigenvalue weighted by atomic mass is 32.2. The first-order valence-electron chi connectivity index (χ1n) is 10.8. The maximum absolute atomic E-state index is 13.0. The van der Waals surface area contributed by atoms with E-state index in [0.29, 0.717) is 12.2 Å². The number of aliphatic carboxylic acids is 1. The molecule has 6 nitrogen and oxygen atoms in total. The SMILES string of the molecule is CCCCCn1c(C(=O)Nc2ccccc2)cnc1-c1ccc(SC(C)(C)C(=O)O)cc1. The van der Waals surface area contributed by atoms with Crippen molar-refractivity contribution in [2.45, 2.75) is 56.2 Å². The van der Waals surface area contributed by atoms with E-state index in [1.807, 2.05) is 59.2 Å². The number of thioether (sulfide) groups is 1. The number of nitrogens with one attached hydrogen (secondary N) is 1. The van der Waals surface area contributed by atoms with E-state index in [4.69, 9.17) is 0 Å². The highest BCUT2D eigenvalue weighted by Gasteiger charge is 2.28. The zero-order valence-corrected chi connectivity index (χ0v) is 19.5. The van der Waals surface area contributed by atoms with Gasteiger partial charge in [-0.05, 0) is 44.5 Å². The van der Waals surface area contributed by atoms with Gasteiger partial charge in [-0.15, -0.1) is 11.8 Å². The molecule has 2 N–H and O–H groups in total. The lowest BCUT2D eigenvalue weighted by Gasteiger charge is -2.18. The summed E-state index contributed by atoms with van der Waals surface area (Å²) in [6.45, 7) is 6.22. The van der Waals surface area contributed by atoms with Gasteiger partial charge in [0.25, 0.3) is 5.91 Å². The van der Waals surface area contributed by atoms with Gasteiger partial charge < -0.3 is 15.0 Å². The average molecular weight is 452 g/mol. The first kappa shape index (κ1) is 23.6. The highest BCUT2D eigenvalue weighted by Crippen LogP contribution is 2.34. The number of carbonyl (C=O) groups excluding carboxylic acids is 1. The summed E-state index contributed by atoms with van der Waals surface area (Å²) in [5.74, 6) is -0.317. The van der Waals surface area contributed by atoms with E-state index in [2.05, 4.69) is 17.2 Å². The van der Waals surface area contributed by atoms with Gasteiger partial charge in [-0.3, -0.25) is 9.59 Å². The molecule has 0 fully saturated rings. The van der Waals surface area contributed by atoms with Gasteiger partial charge in [0.1, 0.15) is 16.3 Å². The largest absolute Gasteiger partial charge is 0.480 e. The summed E-state index contributed by atoms with van der Waals surface area (Å²) in [5.41, 5.74) is 2.14. The fraction of sp³-hybridized carbons (Fsp3) is 0.320. The minimum absolute atomic E-state index is 0.193. The summed E-state index contributed by atoms with van der Waals surface area (Å²) in [6.07, 6.45) is 4.72. The zero-order valence-electron chi connectivity index (χ0n) is 18.7. The molecule has 3 rings (SSSR count). The molecule has 1 amide bonds. The third-order valence-electron chi connectivity index (χ3n) is 5.11. The zero-order chi connectivity index (χ0) is 23.1. The van der Waals surface area contributed by atoms with Crippen LogP contribution >= 0.6 is 11.8 Å². The van der Waals surface area contributed by atoms with E-state index < -0.39 is 10.7 Å². The molecule has 2 aromatic carbocycles. The number of aromatic nitrogens is 2. The maximum Gasteiger partial charge on any atom is 0.319 e. The van der Waals surface area contributed by atoms with Crippen LogP contribution in [0, 0.1) is 0 Å². The quantitative estimate of drug-likeness (QED) is 0.294. The van der Waals surface area contributed by atoms with E-state index in [1.165, 1.54) is 11.8 Å². The molecular formula is C25H29N3O3S. The summed E-state index contributed by atoms with van der Waals surface area (Å²) >= 11 is 1.30. The lowest BCUT2D eigenvalue weighted by atomic mass is 10.2. The first-order chi connectivity index (χ1) is 15.3. The second-order valence-electron chi connectivity index (χ2n) is 8.09. The topological polar surface area (TPSA) is 84.2 Å². The number of rotatable bonds is 10. The van der Waals surface area contributed by atoms with Gasteiger partial charge >= 0.3 is 5.97 Å². The lowest BCUT2D eigenvalue weighted by Crippen LogP contribution is -2.26. The fourth-order valence-electron chi connectivity index (χ4n) is 3.26. The van der Waals surface area contributed by atoms with E-state index >= 15 is 0 Å². The molecule has 1 heterocycles. The number of nitrogens with zero attached hydrogens (tertiary/aromatic N) is 2. The van der Waals surface area contributed by atoms with Gasteiger partial charge in [-0.25, -0.2) is 4.98 Å². The van der Waals surface area contributed by atoms with Crippen molar-refractivity contribution in [3.8, 4) is 11.4 Å². The average Bonchev–Trinajstić information content (AvgIpc) is 3.19. The number of hydrogen-bond acceptors (Lipinski definition) is 4. The molecule has 0 saturated carbocycles. The van der Waals surface area contributed by atoms with Crippen molar-refractivity contribution >= 4 is 29.3 Å². The smallest absolute Gasteiger partial charge is 0.319 e. The number of carboxylic acids is 1. The van der Waals surface area contributed by atoms with Gasteiger partial charge in [0, 0.05) is 22.7 Å². The van der Waals surface area contributed by atoms with Crippen LogP contribution in [0.5, 0.6) is 0 Å². The molecule has 0 unspecified atom stereocenters. The summed E-state index contributed by atoms with van der Waals surface area (Å²) < 4.78 is 1.06. The Labute approximate surface area is 193 Å². The second-order valence-corrected chi connectivity index (χ2v) is 9.78. The molecule has 7 heteroatoms. The summed E-state index contributed by atoms with van der Waals surface area (Å²) in [4.78, 5) is 29.8. The van der Waals surface area contributed by atoms with Crippen LogP contribution in [0.1, 0.15) is 50.5 Å². The van der Waals surface area contributed by atoms with Gasteiger partial charge in [-0.2, -0.15) is 0 Å². The van der Waals surface area contributed by atoms with E-state index in [1.54, 1.807) is 20.0 Å². The summed E-state index contributed by atoms with van der Waals surface area (Å²) in [6, 6.07) is 17.0. The number of benzene rings is 2. The van der Waals surface area contributed by atoms with Crippen molar-refractivity contribution < 1.29 is 14.7 Å². The fourth-order valence-corrected chi connectivity index (χ4v) is 4.21. The minimum atomic E-state index is -0.914. The molecule has 0 aliphatic rings. The molecule has 0 radical (unpaired) electrons. The molecule has 0 atom stereocenters. The van der Waals surface area contributed by atoms with E-state index in [0.717, 1.165) is 41.2 Å². The van der Waals surface area contributed by atoms with Crippen LogP contribution in [0.25, 0.3) is 11.4 Å². The molecular weight excluding hydrogens is 422 g/mol. The Morgan fingerprint density at radius 2 is 1.75 bits per heavy atom. The molecule has 168 valence electrons. The van der Waals surface area contributed by atoms with Crippen molar-refractivity contribution in [3.63, 3.8) is 0 Å². The first-order valence-corrected chi connectivity index (χ1v) is 11.6. The highest BCUT2D eigenvalue weighted by molar-refractivity contribution is 8.01. The van der Waals surface area contributed by atoms with Crippen molar-refractivity contribution in [2.75, 3.05) is 5.32 Å². The van der Waals surface area contributed by atoms with Crippen LogP contribution in [0.3, 0.4) is 0 Å². The predicted molar refractivity (Wildman–Crippen MR) is 129 cm³/mol. The summed E-state index contributed by atoms with van der Waals surface area (Å²) in [5, 5.41) is 12.3. The van der Waals surface area contributed by atoms with Crippen molar-refractivity contribution in [3.05, 3.63) is 66.5 Å². The summed E-state index contributed by atoms with van der Waals surface area (Å²) in [7, 11) is 0. The molecule has 0 spiro atoms. The Morgan fingerprint density at radius 3 is 2.38 bits per heavy atom. The van der Waals surface area contributed by atoms with Crippen LogP contribution < -0.4 is 5.32 Å². The Balaban J connectivity index is 1.87. The molecule has 0 saturated heterocycles. The molecule has 0 bridgehead atoms. The molecule has 0 aliphatic carbocycles. The number of anilines is 1. The lowest BCUT2D eigenvalue weighted by molar-refractivity contribution is -0.138. The molecule has 1 aromatic heterocycles. The van der Waals surface area contributed by atoms with Gasteiger partial charge in [-0.1, -0.05) is 50.1 Å². The number of unbranched alkanes of at least 4 members (excludes halogenated alkanes) is 2. The molecule has 3 aromatic rings. The van der Waals surface area contributed by atoms with Crippen LogP contribution in [0.2, 0.25) is 0 Å². The van der Waals surface area contributed by atoms with E-state index in [9.17, 15) is 14.7 Å². The van der Waals surface area contributed by atoms with Crippen LogP contribution in [-0.2, 0) is 11.3 Å². The third kappa shape index (κ3) is 5.79. The number of imidazole rings is 1. The number of carboxylic acid groups (broad SMARTS) is 1. The predicted octanol–water partition coefficient (Wildman–Crippen LogP) is 5.95. The van der Waals surface area contributed by atoms with Crippen molar-refractivity contribution in [2.24, 2.45) is 0 Å². The Bertz CT molecular complexity index is 1060. The standard InChI is InChI=1S/C25H29N3O3S/c1-4-5-9-16-28-21(23(29)27-19-10-7-6-8-11-19)17-26-22(28)18-12-14-20(15-13-18)32-25(2,3)24(30)31/h6-8,10-15,17H,4-5,9,16H2,1-3H3,(H,27,29)(H,30,31). The van der Waals surface area contributed by atoms with Crippen LogP contribution in [0.15, 0.2) is 65.7 Å². The van der Waals surface area contributed by atoms with Crippen LogP contribution in [0.4, 0.5) is 5.69 Å². The number of carbonyl (C=O) groups is 2. The maximum atomic E-state index is 13.0. The second kappa shape index (κ2) is 10.5. The number of para-hydroxylation sites is 1. The molecule has 32 heavy (non-hydrogen) atoms. The monoisotopic (exact) mass is 451 g/mol. The van der Waals surface area contributed by atoms with Crippen LogP contribution in [-0.4, -0.2) is 31.3 Å². The van der Waals surface area contributed by atoms with Crippen molar-refractivity contribution in [1.29, 1.82) is 0 Å². The Hall–Kier alpha value is -3.06. The third-order valence-corrected chi connectivity index (χ3v) is 6.30. The van der Waals surface area contributed by atoms with Gasteiger partial charge in [0.05, 0.1) is 6.20 Å². The van der Waals surface area contributed by atoms with Gasteiger partial charge in [0.2, 0.25) is 0 Å². The number of hydrogen-bond donors (Lipinski definition) is 2. The minimum Gasteiger partial charge on any atom is -0.480 e. The molecule has 0 aliphatic heterocycles.